The van der Waals surface area contributed by atoms with E-state index in [1.165, 1.54) is 0 Å². The number of halogens is 3. The normalized spacial score (nSPS) is 33.4. The highest BCUT2D eigenvalue weighted by atomic mass is 19.4. The molecule has 0 spiro atoms. The number of alkyl halides is 3. The van der Waals surface area contributed by atoms with Crippen molar-refractivity contribution in [1.82, 2.24) is 5.32 Å². The summed E-state index contributed by atoms with van der Waals surface area (Å²) in [5, 5.41) is 2.02. The van der Waals surface area contributed by atoms with Gasteiger partial charge in [-0.25, -0.2) is 0 Å². The Kier molecular flexibility index (Phi) is 3.14. The molecule has 0 saturated heterocycles. The lowest BCUT2D eigenvalue weighted by Gasteiger charge is -2.28. The molecular weight excluding hydrogens is 235 g/mol. The highest BCUT2D eigenvalue weighted by Gasteiger charge is 2.46. The Morgan fingerprint density at radius 1 is 1.24 bits per heavy atom. The van der Waals surface area contributed by atoms with E-state index in [9.17, 15) is 22.8 Å². The summed E-state index contributed by atoms with van der Waals surface area (Å²) in [4.78, 5) is 22.4. The lowest BCUT2D eigenvalue weighted by Crippen LogP contribution is -2.46. The molecule has 0 radical (unpaired) electrons. The molecule has 2 aliphatic carbocycles. The molecule has 1 unspecified atom stereocenters. The summed E-state index contributed by atoms with van der Waals surface area (Å²) in [5.74, 6) is -1.98. The highest BCUT2D eigenvalue weighted by Crippen LogP contribution is 2.40. The first-order valence-corrected chi connectivity index (χ1v) is 5.80. The second kappa shape index (κ2) is 4.31. The fourth-order valence-electron chi connectivity index (χ4n) is 3.00. The summed E-state index contributed by atoms with van der Waals surface area (Å²) >= 11 is 0. The molecule has 6 heteroatoms. The molecule has 1 N–H and O–H groups in total. The minimum Gasteiger partial charge on any atom is -0.345 e. The van der Waals surface area contributed by atoms with Crippen molar-refractivity contribution in [3.05, 3.63) is 0 Å². The minimum atomic E-state index is -4.84. The van der Waals surface area contributed by atoms with E-state index in [2.05, 4.69) is 0 Å². The van der Waals surface area contributed by atoms with Gasteiger partial charge in [-0.15, -0.1) is 0 Å². The zero-order valence-electron chi connectivity index (χ0n) is 9.22. The Hall–Kier alpha value is -1.07. The van der Waals surface area contributed by atoms with Gasteiger partial charge in [-0.1, -0.05) is 0 Å². The first kappa shape index (κ1) is 12.4. The van der Waals surface area contributed by atoms with Gasteiger partial charge in [-0.3, -0.25) is 9.59 Å². The second-order valence-corrected chi connectivity index (χ2v) is 4.78. The van der Waals surface area contributed by atoms with Crippen LogP contribution in [0, 0.1) is 11.8 Å². The molecule has 0 aromatic rings. The number of fused-ring (bicyclic) bond motifs is 1. The molecule has 2 rings (SSSR count). The Balaban J connectivity index is 2.00. The van der Waals surface area contributed by atoms with Crippen LogP contribution >= 0.6 is 0 Å². The van der Waals surface area contributed by atoms with Gasteiger partial charge in [0.2, 0.25) is 0 Å². The summed E-state index contributed by atoms with van der Waals surface area (Å²) in [7, 11) is 0. The summed E-state index contributed by atoms with van der Waals surface area (Å²) in [6, 6.07) is -0.488. The largest absolute Gasteiger partial charge is 0.471 e. The topological polar surface area (TPSA) is 46.2 Å². The maximum atomic E-state index is 12.1. The minimum absolute atomic E-state index is 0.0949. The molecular formula is C11H14F3NO2. The van der Waals surface area contributed by atoms with Gasteiger partial charge in [0.15, 0.2) is 0 Å². The number of hydrogen-bond acceptors (Lipinski definition) is 2. The average Bonchev–Trinajstić information content (AvgIpc) is 2.62. The zero-order valence-corrected chi connectivity index (χ0v) is 9.22. The van der Waals surface area contributed by atoms with Crippen LogP contribution < -0.4 is 5.32 Å². The Bertz CT molecular complexity index is 340. The number of nitrogens with one attached hydrogen (secondary N) is 1. The Morgan fingerprint density at radius 3 is 2.59 bits per heavy atom. The van der Waals surface area contributed by atoms with Gasteiger partial charge in [0.25, 0.3) is 0 Å². The highest BCUT2D eigenvalue weighted by molar-refractivity contribution is 5.84. The molecule has 0 aromatic heterocycles. The molecule has 3 atom stereocenters. The van der Waals surface area contributed by atoms with Gasteiger partial charge in [0, 0.05) is 18.4 Å². The van der Waals surface area contributed by atoms with Gasteiger partial charge in [0.05, 0.1) is 0 Å². The van der Waals surface area contributed by atoms with Crippen LogP contribution in [0.5, 0.6) is 0 Å². The van der Waals surface area contributed by atoms with E-state index in [-0.39, 0.29) is 17.6 Å². The van der Waals surface area contributed by atoms with Crippen molar-refractivity contribution in [3.63, 3.8) is 0 Å². The molecule has 2 fully saturated rings. The number of hydrogen-bond donors (Lipinski definition) is 1. The monoisotopic (exact) mass is 249 g/mol. The van der Waals surface area contributed by atoms with Crippen LogP contribution in [0.3, 0.4) is 0 Å². The van der Waals surface area contributed by atoms with Crippen LogP contribution in [-0.4, -0.2) is 23.9 Å². The summed E-state index contributed by atoms with van der Waals surface area (Å²) in [6.07, 6.45) is -1.77. The molecule has 1 amide bonds. The van der Waals surface area contributed by atoms with Crippen LogP contribution in [0.1, 0.15) is 32.1 Å². The fraction of sp³-hybridized carbons (Fsp3) is 0.818. The molecule has 0 aliphatic heterocycles. The van der Waals surface area contributed by atoms with E-state index in [1.807, 2.05) is 5.32 Å². The summed E-state index contributed by atoms with van der Waals surface area (Å²) in [5.41, 5.74) is 0. The van der Waals surface area contributed by atoms with Crippen LogP contribution in [-0.2, 0) is 9.59 Å². The SMILES string of the molecule is O=C1CCC[C@H]2C(NC(=O)C(F)(F)F)CC[C@@H]12. The van der Waals surface area contributed by atoms with E-state index in [0.29, 0.717) is 19.3 Å². The van der Waals surface area contributed by atoms with Crippen molar-refractivity contribution in [1.29, 1.82) is 0 Å². The van der Waals surface area contributed by atoms with Crippen molar-refractivity contribution >= 4 is 11.7 Å². The lowest BCUT2D eigenvalue weighted by molar-refractivity contribution is -0.174. The average molecular weight is 249 g/mol. The van der Waals surface area contributed by atoms with Crippen molar-refractivity contribution < 1.29 is 22.8 Å². The molecule has 17 heavy (non-hydrogen) atoms. The number of carbonyl (C=O) groups is 2. The molecule has 3 nitrogen and oxygen atoms in total. The first-order valence-electron chi connectivity index (χ1n) is 5.80. The van der Waals surface area contributed by atoms with Gasteiger partial charge >= 0.3 is 12.1 Å². The van der Waals surface area contributed by atoms with E-state index < -0.39 is 18.1 Å². The Labute approximate surface area is 96.7 Å². The van der Waals surface area contributed by atoms with Gasteiger partial charge < -0.3 is 5.32 Å². The first-order chi connectivity index (χ1) is 7.89. The quantitative estimate of drug-likeness (QED) is 0.770. The van der Waals surface area contributed by atoms with Crippen LogP contribution in [0.2, 0.25) is 0 Å². The van der Waals surface area contributed by atoms with E-state index in [0.717, 1.165) is 12.8 Å². The van der Waals surface area contributed by atoms with Crippen molar-refractivity contribution in [2.75, 3.05) is 0 Å². The number of carbonyl (C=O) groups excluding carboxylic acids is 2. The van der Waals surface area contributed by atoms with E-state index >= 15 is 0 Å². The number of ketones is 1. The van der Waals surface area contributed by atoms with Gasteiger partial charge in [-0.05, 0) is 31.6 Å². The molecule has 0 aromatic carbocycles. The lowest BCUT2D eigenvalue weighted by atomic mass is 9.79. The molecule has 0 heterocycles. The molecule has 96 valence electrons. The summed E-state index contributed by atoms with van der Waals surface area (Å²) < 4.78 is 36.4. The van der Waals surface area contributed by atoms with Crippen molar-refractivity contribution in [3.8, 4) is 0 Å². The predicted octanol–water partition coefficient (Wildman–Crippen LogP) is 1.81. The Morgan fingerprint density at radius 2 is 1.94 bits per heavy atom. The van der Waals surface area contributed by atoms with Gasteiger partial charge in [-0.2, -0.15) is 13.2 Å². The van der Waals surface area contributed by atoms with Crippen LogP contribution in [0.15, 0.2) is 0 Å². The number of rotatable bonds is 1. The third kappa shape index (κ3) is 2.45. The molecule has 0 bridgehead atoms. The molecule has 2 aliphatic rings. The third-order valence-corrected chi connectivity index (χ3v) is 3.77. The molecule has 2 saturated carbocycles. The number of Topliss-reactive ketones (excluding diaryl/α,β-unsaturated/α-hetero) is 1. The second-order valence-electron chi connectivity index (χ2n) is 4.78. The maximum absolute atomic E-state index is 12.1. The van der Waals surface area contributed by atoms with Crippen molar-refractivity contribution in [2.45, 2.75) is 44.3 Å². The number of amides is 1. The smallest absolute Gasteiger partial charge is 0.345 e. The fourth-order valence-corrected chi connectivity index (χ4v) is 3.00. The van der Waals surface area contributed by atoms with Crippen LogP contribution in [0.25, 0.3) is 0 Å². The standard InChI is InChI=1S/C11H14F3NO2/c12-11(13,14)10(17)15-8-5-4-7-6(8)2-1-3-9(7)16/h6-8H,1-5H2,(H,15,17)/t6-,7-,8?/m1/s1. The summed E-state index contributed by atoms with van der Waals surface area (Å²) in [6.45, 7) is 0. The van der Waals surface area contributed by atoms with Crippen molar-refractivity contribution in [2.24, 2.45) is 11.8 Å². The third-order valence-electron chi connectivity index (χ3n) is 3.77. The predicted molar refractivity (Wildman–Crippen MR) is 53.1 cm³/mol. The van der Waals surface area contributed by atoms with E-state index in [1.54, 1.807) is 0 Å². The van der Waals surface area contributed by atoms with E-state index in [4.69, 9.17) is 0 Å². The van der Waals surface area contributed by atoms with Crippen LogP contribution in [0.4, 0.5) is 13.2 Å². The van der Waals surface area contributed by atoms with Gasteiger partial charge in [0.1, 0.15) is 5.78 Å². The maximum Gasteiger partial charge on any atom is 0.471 e. The zero-order chi connectivity index (χ0) is 12.6.